The molecule has 28 heavy (non-hydrogen) atoms. The van der Waals surface area contributed by atoms with Crippen molar-refractivity contribution in [3.8, 4) is 0 Å². The zero-order valence-electron chi connectivity index (χ0n) is 15.9. The summed E-state index contributed by atoms with van der Waals surface area (Å²) < 4.78 is 5.73. The molecule has 3 aromatic rings. The predicted octanol–water partition coefficient (Wildman–Crippen LogP) is 6.98. The number of aromatic amines is 1. The summed E-state index contributed by atoms with van der Waals surface area (Å²) >= 11 is 1.59. The van der Waals surface area contributed by atoms with Gasteiger partial charge in [0.25, 0.3) is 0 Å². The summed E-state index contributed by atoms with van der Waals surface area (Å²) in [5, 5.41) is 8.45. The Kier molecular flexibility index (Phi) is 8.42. The molecular weight excluding hydrogens is 364 g/mol. The van der Waals surface area contributed by atoms with Gasteiger partial charge in [-0.15, -0.1) is 11.8 Å². The first-order valence-corrected chi connectivity index (χ1v) is 10.0. The number of aromatic nitrogens is 1. The second-order valence-electron chi connectivity index (χ2n) is 6.55. The van der Waals surface area contributed by atoms with Gasteiger partial charge in [-0.2, -0.15) is 0 Å². The number of ether oxygens (including phenoxy) is 1. The second kappa shape index (κ2) is 10.8. The zero-order chi connectivity index (χ0) is 19.1. The van der Waals surface area contributed by atoms with Crippen LogP contribution in [0.2, 0.25) is 0 Å². The van der Waals surface area contributed by atoms with Crippen molar-refractivity contribution < 1.29 is 4.74 Å². The molecule has 1 aromatic heterocycles. The average Bonchev–Trinajstić information content (AvgIpc) is 3.11. The molecule has 0 aliphatic rings. The monoisotopic (exact) mass is 394 g/mol. The van der Waals surface area contributed by atoms with E-state index in [1.165, 1.54) is 22.1 Å². The molecule has 0 bridgehead atoms. The molecule has 0 aliphatic heterocycles. The number of benzene rings is 2. The first-order chi connectivity index (χ1) is 13.2. The van der Waals surface area contributed by atoms with Crippen LogP contribution in [0.25, 0.3) is 16.5 Å². The lowest BCUT2D eigenvalue weighted by Gasteiger charge is -2.08. The molecule has 4 heteroatoms. The molecule has 0 fully saturated rings. The van der Waals surface area contributed by atoms with Crippen LogP contribution in [0.1, 0.15) is 31.2 Å². The van der Waals surface area contributed by atoms with Crippen molar-refractivity contribution >= 4 is 33.9 Å². The number of fused-ring (bicyclic) bond motifs is 1. The molecule has 2 N–H and O–H groups in total. The predicted molar refractivity (Wildman–Crippen MR) is 126 cm³/mol. The van der Waals surface area contributed by atoms with E-state index in [0.29, 0.717) is 13.3 Å². The van der Waals surface area contributed by atoms with Gasteiger partial charge in [0.05, 0.1) is 6.61 Å². The highest BCUT2D eigenvalue weighted by Crippen LogP contribution is 2.25. The molecule has 1 heterocycles. The van der Waals surface area contributed by atoms with E-state index in [0.717, 1.165) is 23.3 Å². The molecule has 0 unspecified atom stereocenters. The number of thioether (sulfide) groups is 1. The fourth-order valence-electron chi connectivity index (χ4n) is 2.82. The number of anilines is 1. The average molecular weight is 395 g/mol. The van der Waals surface area contributed by atoms with Gasteiger partial charge in [0.1, 0.15) is 6.73 Å². The summed E-state index contributed by atoms with van der Waals surface area (Å²) in [6.45, 7) is 9.14. The Morgan fingerprint density at radius 2 is 1.96 bits per heavy atom. The lowest BCUT2D eigenvalue weighted by atomic mass is 10.1. The van der Waals surface area contributed by atoms with Gasteiger partial charge in [-0.05, 0) is 66.5 Å². The Morgan fingerprint density at radius 3 is 2.71 bits per heavy atom. The number of H-pyrrole nitrogens is 1. The van der Waals surface area contributed by atoms with Gasteiger partial charge in [-0.3, -0.25) is 0 Å². The third-order valence-electron chi connectivity index (χ3n) is 4.42. The van der Waals surface area contributed by atoms with Gasteiger partial charge >= 0.3 is 0 Å². The number of allylic oxidation sites excluding steroid dienone is 1. The Morgan fingerprint density at radius 1 is 1.18 bits per heavy atom. The van der Waals surface area contributed by atoms with Crippen molar-refractivity contribution in [1.29, 1.82) is 0 Å². The molecule has 0 saturated carbocycles. The van der Waals surface area contributed by atoms with Crippen LogP contribution in [0.3, 0.4) is 0 Å². The smallest absolute Gasteiger partial charge is 0.116 e. The van der Waals surface area contributed by atoms with Gasteiger partial charge in [-0.1, -0.05) is 43.8 Å². The van der Waals surface area contributed by atoms with E-state index in [9.17, 15) is 0 Å². The molecular formula is C24H30N2OS. The van der Waals surface area contributed by atoms with E-state index in [1.54, 1.807) is 11.8 Å². The molecule has 0 spiro atoms. The quantitative estimate of drug-likeness (QED) is 0.304. The van der Waals surface area contributed by atoms with Crippen LogP contribution in [0.5, 0.6) is 0 Å². The maximum atomic E-state index is 5.73. The SMILES string of the molecule is C.C=CS/C=C(\C)c1cc2cc(NCOCCc3ccc(C)cc3)ccc2[nH]1. The summed E-state index contributed by atoms with van der Waals surface area (Å²) in [6, 6.07) is 17.1. The summed E-state index contributed by atoms with van der Waals surface area (Å²) in [5.41, 5.74) is 7.11. The number of nitrogens with one attached hydrogen (secondary N) is 2. The van der Waals surface area contributed by atoms with Crippen molar-refractivity contribution in [2.75, 3.05) is 18.7 Å². The molecule has 3 rings (SSSR count). The molecule has 2 aromatic carbocycles. The Balaban J connectivity index is 0.00000280. The van der Waals surface area contributed by atoms with E-state index >= 15 is 0 Å². The van der Waals surface area contributed by atoms with Crippen LogP contribution >= 0.6 is 11.8 Å². The fourth-order valence-corrected chi connectivity index (χ4v) is 3.25. The van der Waals surface area contributed by atoms with E-state index in [-0.39, 0.29) is 7.43 Å². The van der Waals surface area contributed by atoms with Crippen LogP contribution in [0.4, 0.5) is 5.69 Å². The van der Waals surface area contributed by atoms with Crippen LogP contribution in [0.15, 0.2) is 65.9 Å². The normalized spacial score (nSPS) is 11.3. The minimum Gasteiger partial charge on any atom is -0.363 e. The van der Waals surface area contributed by atoms with Crippen molar-refractivity contribution in [3.63, 3.8) is 0 Å². The Bertz CT molecular complexity index is 925. The van der Waals surface area contributed by atoms with Gasteiger partial charge in [0, 0.05) is 22.3 Å². The second-order valence-corrected chi connectivity index (χ2v) is 7.39. The van der Waals surface area contributed by atoms with Gasteiger partial charge in [0.2, 0.25) is 0 Å². The van der Waals surface area contributed by atoms with Gasteiger partial charge in [0.15, 0.2) is 0 Å². The highest BCUT2D eigenvalue weighted by molar-refractivity contribution is 8.05. The lowest BCUT2D eigenvalue weighted by molar-refractivity contribution is 0.155. The first kappa shape index (κ1) is 21.9. The minimum atomic E-state index is 0. The molecule has 0 atom stereocenters. The third kappa shape index (κ3) is 6.04. The van der Waals surface area contributed by atoms with Gasteiger partial charge in [-0.25, -0.2) is 0 Å². The van der Waals surface area contributed by atoms with Gasteiger partial charge < -0.3 is 15.0 Å². The van der Waals surface area contributed by atoms with Crippen molar-refractivity contribution in [2.45, 2.75) is 27.7 Å². The number of hydrogen-bond donors (Lipinski definition) is 2. The third-order valence-corrected chi connectivity index (χ3v) is 5.10. The highest BCUT2D eigenvalue weighted by Gasteiger charge is 2.03. The summed E-state index contributed by atoms with van der Waals surface area (Å²) in [5.74, 6) is 0. The molecule has 0 amide bonds. The lowest BCUT2D eigenvalue weighted by Crippen LogP contribution is -2.08. The fraction of sp³-hybridized carbons (Fsp3) is 0.250. The molecule has 3 nitrogen and oxygen atoms in total. The van der Waals surface area contributed by atoms with E-state index in [1.807, 2.05) is 5.41 Å². The first-order valence-electron chi connectivity index (χ1n) is 9.09. The van der Waals surface area contributed by atoms with Crippen LogP contribution in [-0.2, 0) is 11.2 Å². The van der Waals surface area contributed by atoms with Crippen molar-refractivity contribution in [3.05, 3.63) is 82.7 Å². The number of hydrogen-bond acceptors (Lipinski definition) is 3. The van der Waals surface area contributed by atoms with E-state index in [4.69, 9.17) is 4.74 Å². The maximum Gasteiger partial charge on any atom is 0.116 e. The molecule has 148 valence electrons. The summed E-state index contributed by atoms with van der Waals surface area (Å²) in [4.78, 5) is 3.45. The standard InChI is InChI=1S/C23H26N2OS.CH4/c1-4-27-15-18(3)23-14-20-13-21(9-10-22(20)25-23)24-16-26-12-11-19-7-5-17(2)6-8-19;/h4-10,13-15,24-25H,1,11-12,16H2,2-3H3;1H4/b18-15+;. The summed E-state index contributed by atoms with van der Waals surface area (Å²) in [7, 11) is 0. The minimum absolute atomic E-state index is 0. The molecule has 0 saturated heterocycles. The highest BCUT2D eigenvalue weighted by atomic mass is 32.2. The van der Waals surface area contributed by atoms with Crippen LogP contribution in [-0.4, -0.2) is 18.3 Å². The van der Waals surface area contributed by atoms with E-state index in [2.05, 4.69) is 84.7 Å². The Hall–Kier alpha value is -2.43. The maximum absolute atomic E-state index is 5.73. The topological polar surface area (TPSA) is 37.0 Å². The van der Waals surface area contributed by atoms with Crippen molar-refractivity contribution in [1.82, 2.24) is 4.98 Å². The molecule has 0 radical (unpaired) electrons. The summed E-state index contributed by atoms with van der Waals surface area (Å²) in [6.07, 6.45) is 0.927. The zero-order valence-corrected chi connectivity index (χ0v) is 16.7. The number of rotatable bonds is 9. The van der Waals surface area contributed by atoms with E-state index < -0.39 is 0 Å². The van der Waals surface area contributed by atoms with Crippen molar-refractivity contribution in [2.24, 2.45) is 0 Å². The number of aryl methyl sites for hydroxylation is 1. The largest absolute Gasteiger partial charge is 0.363 e. The van der Waals surface area contributed by atoms with Crippen LogP contribution in [0, 0.1) is 6.92 Å². The Labute approximate surface area is 172 Å². The molecule has 0 aliphatic carbocycles. The van der Waals surface area contributed by atoms with Crippen LogP contribution < -0.4 is 5.32 Å².